The number of nitrogens with two attached hydrogens (primary N) is 1. The summed E-state index contributed by atoms with van der Waals surface area (Å²) in [6, 6.07) is 4.69. The van der Waals surface area contributed by atoms with Crippen LogP contribution in [0.5, 0.6) is 0 Å². The maximum absolute atomic E-state index is 13.5. The van der Waals surface area contributed by atoms with E-state index in [9.17, 15) is 9.18 Å². The van der Waals surface area contributed by atoms with Crippen LogP contribution in [0, 0.1) is 5.82 Å². The highest BCUT2D eigenvalue weighted by Crippen LogP contribution is 2.13. The van der Waals surface area contributed by atoms with Crippen LogP contribution in [-0.4, -0.2) is 24.5 Å². The Morgan fingerprint density at radius 1 is 1.50 bits per heavy atom. The minimum absolute atomic E-state index is 0.197. The fourth-order valence-corrected chi connectivity index (χ4v) is 2.72. The second-order valence-corrected chi connectivity index (χ2v) is 5.65. The van der Waals surface area contributed by atoms with E-state index in [0.717, 1.165) is 10.6 Å². The highest BCUT2D eigenvalue weighted by molar-refractivity contribution is 7.09. The van der Waals surface area contributed by atoms with E-state index in [2.05, 4.69) is 10.3 Å². The normalized spacial score (nSPS) is 10.7. The number of halogens is 1. The van der Waals surface area contributed by atoms with Crippen LogP contribution in [0.25, 0.3) is 0 Å². The fraction of sp³-hybridized carbons (Fsp3) is 0.333. The van der Waals surface area contributed by atoms with Gasteiger partial charge < -0.3 is 15.8 Å². The Morgan fingerprint density at radius 3 is 3.05 bits per heavy atom. The van der Waals surface area contributed by atoms with Gasteiger partial charge in [0, 0.05) is 31.0 Å². The molecule has 0 fully saturated rings. The van der Waals surface area contributed by atoms with E-state index in [0.29, 0.717) is 30.8 Å². The van der Waals surface area contributed by atoms with Gasteiger partial charge in [0.2, 0.25) is 0 Å². The Balaban J connectivity index is 1.96. The third kappa shape index (κ3) is 4.33. The van der Waals surface area contributed by atoms with E-state index in [1.54, 1.807) is 17.5 Å². The molecule has 0 bridgehead atoms. The number of amides is 1. The molecule has 0 atom stereocenters. The second kappa shape index (κ2) is 7.98. The zero-order chi connectivity index (χ0) is 15.9. The molecular formula is C15H18FN3O2S. The number of nitrogens with one attached hydrogen (secondary N) is 1. The molecule has 0 saturated heterocycles. The van der Waals surface area contributed by atoms with Gasteiger partial charge in [-0.1, -0.05) is 6.07 Å². The highest BCUT2D eigenvalue weighted by atomic mass is 32.1. The summed E-state index contributed by atoms with van der Waals surface area (Å²) < 4.78 is 18.4. The molecule has 3 N–H and O–H groups in total. The van der Waals surface area contributed by atoms with Crippen molar-refractivity contribution >= 4 is 17.2 Å². The van der Waals surface area contributed by atoms with Crippen molar-refractivity contribution in [2.24, 2.45) is 5.73 Å². The van der Waals surface area contributed by atoms with Crippen LogP contribution in [0.4, 0.5) is 4.39 Å². The smallest absolute Gasteiger partial charge is 0.271 e. The van der Waals surface area contributed by atoms with Crippen molar-refractivity contribution in [1.29, 1.82) is 0 Å². The summed E-state index contributed by atoms with van der Waals surface area (Å²) >= 11 is 1.42. The predicted octanol–water partition coefficient (Wildman–Crippen LogP) is 1.86. The van der Waals surface area contributed by atoms with Gasteiger partial charge in [0.05, 0.1) is 11.6 Å². The van der Waals surface area contributed by atoms with Crippen molar-refractivity contribution in [1.82, 2.24) is 10.3 Å². The molecule has 0 unspecified atom stereocenters. The number of ether oxygens (including phenoxy) is 1. The van der Waals surface area contributed by atoms with Crippen LogP contribution in [-0.2, 0) is 24.3 Å². The number of thiazole rings is 1. The fourth-order valence-electron chi connectivity index (χ4n) is 1.93. The summed E-state index contributed by atoms with van der Waals surface area (Å²) in [4.78, 5) is 16.2. The lowest BCUT2D eigenvalue weighted by atomic mass is 10.1. The Bertz CT molecular complexity index is 645. The molecule has 118 valence electrons. The lowest BCUT2D eigenvalue weighted by Crippen LogP contribution is -2.23. The molecule has 0 saturated carbocycles. The van der Waals surface area contributed by atoms with E-state index < -0.39 is 0 Å². The van der Waals surface area contributed by atoms with Crippen LogP contribution in [0.1, 0.15) is 26.6 Å². The van der Waals surface area contributed by atoms with Gasteiger partial charge in [0.15, 0.2) is 0 Å². The number of rotatable bonds is 7. The monoisotopic (exact) mass is 323 g/mol. The van der Waals surface area contributed by atoms with Crippen LogP contribution in [0.15, 0.2) is 23.6 Å². The van der Waals surface area contributed by atoms with Gasteiger partial charge in [-0.25, -0.2) is 9.37 Å². The first-order valence-corrected chi connectivity index (χ1v) is 7.71. The molecule has 1 aromatic carbocycles. The average Bonchev–Trinajstić information content (AvgIpc) is 2.97. The summed E-state index contributed by atoms with van der Waals surface area (Å²) in [5.74, 6) is -0.569. The molecule has 1 heterocycles. The first-order valence-electron chi connectivity index (χ1n) is 6.83. The van der Waals surface area contributed by atoms with Crippen molar-refractivity contribution in [2.45, 2.75) is 19.6 Å². The molecule has 0 aliphatic heterocycles. The maximum atomic E-state index is 13.5. The molecule has 0 spiro atoms. The molecule has 0 aliphatic carbocycles. The van der Waals surface area contributed by atoms with Gasteiger partial charge in [0.1, 0.15) is 11.5 Å². The number of benzene rings is 1. The standard InChI is InChI=1S/C15H18FN3O2S/c1-21-8-11-6-10(2-3-12(11)16)7-18-15(20)13-9-22-14(19-13)4-5-17/h2-3,6,9H,4-5,7-8,17H2,1H3,(H,18,20). The number of methoxy groups -OCH3 is 1. The van der Waals surface area contributed by atoms with Gasteiger partial charge in [-0.2, -0.15) is 0 Å². The third-order valence-corrected chi connectivity index (χ3v) is 3.91. The number of nitrogens with zero attached hydrogens (tertiary/aromatic N) is 1. The van der Waals surface area contributed by atoms with E-state index in [4.69, 9.17) is 10.5 Å². The Labute approximate surface area is 132 Å². The summed E-state index contributed by atoms with van der Waals surface area (Å²) in [5.41, 5.74) is 7.11. The Kier molecular flexibility index (Phi) is 6.00. The van der Waals surface area contributed by atoms with Gasteiger partial charge in [-0.05, 0) is 24.2 Å². The van der Waals surface area contributed by atoms with Crippen molar-refractivity contribution in [3.63, 3.8) is 0 Å². The highest BCUT2D eigenvalue weighted by Gasteiger charge is 2.11. The van der Waals surface area contributed by atoms with Gasteiger partial charge in [-0.15, -0.1) is 11.3 Å². The molecular weight excluding hydrogens is 305 g/mol. The summed E-state index contributed by atoms with van der Waals surface area (Å²) in [6.45, 7) is 1.01. The van der Waals surface area contributed by atoms with Crippen molar-refractivity contribution in [3.8, 4) is 0 Å². The first kappa shape index (κ1) is 16.5. The Hall–Kier alpha value is -1.83. The Morgan fingerprint density at radius 2 is 2.32 bits per heavy atom. The van der Waals surface area contributed by atoms with Crippen molar-refractivity contribution in [2.75, 3.05) is 13.7 Å². The first-order chi connectivity index (χ1) is 10.6. The van der Waals surface area contributed by atoms with E-state index in [1.165, 1.54) is 24.5 Å². The third-order valence-electron chi connectivity index (χ3n) is 3.01. The second-order valence-electron chi connectivity index (χ2n) is 4.71. The molecule has 7 heteroatoms. The van der Waals surface area contributed by atoms with Crippen molar-refractivity contribution in [3.05, 3.63) is 51.2 Å². The lowest BCUT2D eigenvalue weighted by molar-refractivity contribution is 0.0946. The molecule has 0 radical (unpaired) electrons. The number of carbonyl (C=O) groups excluding carboxylic acids is 1. The summed E-state index contributed by atoms with van der Waals surface area (Å²) in [5, 5.41) is 5.32. The van der Waals surface area contributed by atoms with E-state index in [-0.39, 0.29) is 18.3 Å². The molecule has 2 aromatic rings. The quantitative estimate of drug-likeness (QED) is 0.815. The molecule has 1 amide bonds. The zero-order valence-electron chi connectivity index (χ0n) is 12.3. The van der Waals surface area contributed by atoms with Gasteiger partial charge >= 0.3 is 0 Å². The van der Waals surface area contributed by atoms with Gasteiger partial charge in [0.25, 0.3) is 5.91 Å². The summed E-state index contributed by atoms with van der Waals surface area (Å²) in [6.07, 6.45) is 0.663. The van der Waals surface area contributed by atoms with Crippen LogP contribution in [0.2, 0.25) is 0 Å². The maximum Gasteiger partial charge on any atom is 0.271 e. The molecule has 22 heavy (non-hydrogen) atoms. The van der Waals surface area contributed by atoms with Gasteiger partial charge in [-0.3, -0.25) is 4.79 Å². The van der Waals surface area contributed by atoms with Crippen LogP contribution in [0.3, 0.4) is 0 Å². The average molecular weight is 323 g/mol. The van der Waals surface area contributed by atoms with Crippen LogP contribution >= 0.6 is 11.3 Å². The lowest BCUT2D eigenvalue weighted by Gasteiger charge is -2.07. The molecule has 2 rings (SSSR count). The number of hydrogen-bond donors (Lipinski definition) is 2. The minimum Gasteiger partial charge on any atom is -0.380 e. The van der Waals surface area contributed by atoms with Crippen LogP contribution < -0.4 is 11.1 Å². The largest absolute Gasteiger partial charge is 0.380 e. The SMILES string of the molecule is COCc1cc(CNC(=O)c2csc(CCN)n2)ccc1F. The molecule has 5 nitrogen and oxygen atoms in total. The number of hydrogen-bond acceptors (Lipinski definition) is 5. The minimum atomic E-state index is -0.317. The number of carbonyl (C=O) groups is 1. The molecule has 0 aliphatic rings. The van der Waals surface area contributed by atoms with E-state index in [1.807, 2.05) is 0 Å². The summed E-state index contributed by atoms with van der Waals surface area (Å²) in [7, 11) is 1.51. The molecule has 1 aromatic heterocycles. The number of aromatic nitrogens is 1. The predicted molar refractivity (Wildman–Crippen MR) is 83.2 cm³/mol. The van der Waals surface area contributed by atoms with Crippen molar-refractivity contribution < 1.29 is 13.9 Å². The zero-order valence-corrected chi connectivity index (χ0v) is 13.1. The van der Waals surface area contributed by atoms with E-state index >= 15 is 0 Å². The topological polar surface area (TPSA) is 77.2 Å².